The first-order valence-electron chi connectivity index (χ1n) is 8.02. The van der Waals surface area contributed by atoms with Gasteiger partial charge in [0.05, 0.1) is 0 Å². The molecule has 0 fully saturated rings. The molecule has 0 aliphatic heterocycles. The van der Waals surface area contributed by atoms with Crippen molar-refractivity contribution in [2.45, 2.75) is 46.1 Å². The largest absolute Gasteiger partial charge is 0.356 e. The summed E-state index contributed by atoms with van der Waals surface area (Å²) in [6, 6.07) is 7.80. The zero-order valence-corrected chi connectivity index (χ0v) is 13.6. The molecule has 0 heterocycles. The molecule has 1 rings (SSSR count). The van der Waals surface area contributed by atoms with E-state index < -0.39 is 0 Å². The fourth-order valence-electron chi connectivity index (χ4n) is 2.01. The van der Waals surface area contributed by atoms with Gasteiger partial charge in [-0.25, -0.2) is 0 Å². The van der Waals surface area contributed by atoms with Gasteiger partial charge in [0.15, 0.2) is 0 Å². The first kappa shape index (κ1) is 18.2. The molecule has 122 valence electrons. The van der Waals surface area contributed by atoms with E-state index in [1.54, 1.807) is 0 Å². The fraction of sp³-hybridized carbons (Fsp3) is 0.529. The zero-order valence-electron chi connectivity index (χ0n) is 13.6. The molecule has 5 heteroatoms. The molecule has 22 heavy (non-hydrogen) atoms. The van der Waals surface area contributed by atoms with Gasteiger partial charge in [-0.1, -0.05) is 26.0 Å². The lowest BCUT2D eigenvalue weighted by molar-refractivity contribution is -0.121. The normalized spacial score (nSPS) is 10.3. The van der Waals surface area contributed by atoms with Crippen LogP contribution in [0, 0.1) is 0 Å². The number of amides is 2. The molecule has 2 amide bonds. The quantitative estimate of drug-likeness (QED) is 0.622. The summed E-state index contributed by atoms with van der Waals surface area (Å²) in [6.07, 6.45) is 2.25. The van der Waals surface area contributed by atoms with Crippen LogP contribution < -0.4 is 16.0 Å². The van der Waals surface area contributed by atoms with Crippen molar-refractivity contribution in [3.8, 4) is 0 Å². The summed E-state index contributed by atoms with van der Waals surface area (Å²) in [6.45, 7) is 6.47. The second-order valence-electron chi connectivity index (χ2n) is 5.23. The maximum Gasteiger partial charge on any atom is 0.224 e. The molecule has 0 bridgehead atoms. The Hall–Kier alpha value is -1.88. The van der Waals surface area contributed by atoms with Crippen LogP contribution in [0.3, 0.4) is 0 Å². The van der Waals surface area contributed by atoms with Gasteiger partial charge >= 0.3 is 0 Å². The Morgan fingerprint density at radius 3 is 2.59 bits per heavy atom. The Morgan fingerprint density at radius 2 is 1.86 bits per heavy atom. The van der Waals surface area contributed by atoms with Crippen molar-refractivity contribution in [3.63, 3.8) is 0 Å². The molecule has 0 saturated carbocycles. The standard InChI is InChI=1S/C17H27N3O2/c1-3-11-19-16(21)9-6-10-17(22)20-15-8-5-7-14(12-15)13-18-4-2/h5,7-8,12,18H,3-4,6,9-11,13H2,1-2H3,(H,19,21)(H,20,22). The summed E-state index contributed by atoms with van der Waals surface area (Å²) in [5.74, 6) is -0.0359. The summed E-state index contributed by atoms with van der Waals surface area (Å²) in [5.41, 5.74) is 1.94. The van der Waals surface area contributed by atoms with Gasteiger partial charge in [0.2, 0.25) is 11.8 Å². The van der Waals surface area contributed by atoms with Gasteiger partial charge in [0.25, 0.3) is 0 Å². The van der Waals surface area contributed by atoms with E-state index in [0.717, 1.165) is 30.8 Å². The third-order valence-electron chi connectivity index (χ3n) is 3.17. The average molecular weight is 305 g/mol. The van der Waals surface area contributed by atoms with Gasteiger partial charge in [0, 0.05) is 31.6 Å². The summed E-state index contributed by atoms with van der Waals surface area (Å²) >= 11 is 0. The van der Waals surface area contributed by atoms with Crippen molar-refractivity contribution >= 4 is 17.5 Å². The Balaban J connectivity index is 2.31. The molecule has 5 nitrogen and oxygen atoms in total. The number of hydrogen-bond acceptors (Lipinski definition) is 3. The highest BCUT2D eigenvalue weighted by Crippen LogP contribution is 2.11. The van der Waals surface area contributed by atoms with Gasteiger partial charge in [-0.05, 0) is 37.1 Å². The maximum atomic E-state index is 11.9. The number of nitrogens with one attached hydrogen (secondary N) is 3. The minimum absolute atomic E-state index is 0.0160. The van der Waals surface area contributed by atoms with Crippen molar-refractivity contribution < 1.29 is 9.59 Å². The van der Waals surface area contributed by atoms with Crippen LogP contribution in [0.25, 0.3) is 0 Å². The van der Waals surface area contributed by atoms with Gasteiger partial charge in [-0.2, -0.15) is 0 Å². The van der Waals surface area contributed by atoms with Crippen LogP contribution >= 0.6 is 0 Å². The molecule has 0 radical (unpaired) electrons. The van der Waals surface area contributed by atoms with E-state index in [9.17, 15) is 9.59 Å². The molecule has 0 aliphatic carbocycles. The number of rotatable bonds is 10. The molecule has 1 aromatic rings. The van der Waals surface area contributed by atoms with Crippen molar-refractivity contribution in [1.29, 1.82) is 0 Å². The molecule has 0 atom stereocenters. The molecule has 1 aromatic carbocycles. The molecule has 0 aromatic heterocycles. The molecule has 0 unspecified atom stereocenters. The van der Waals surface area contributed by atoms with Crippen molar-refractivity contribution in [1.82, 2.24) is 10.6 Å². The Labute approximate surface area is 132 Å². The topological polar surface area (TPSA) is 70.2 Å². The smallest absolute Gasteiger partial charge is 0.224 e. The predicted molar refractivity (Wildman–Crippen MR) is 89.6 cm³/mol. The zero-order chi connectivity index (χ0) is 16.2. The number of benzene rings is 1. The number of carbonyl (C=O) groups excluding carboxylic acids is 2. The lowest BCUT2D eigenvalue weighted by Crippen LogP contribution is -2.24. The Kier molecular flexibility index (Phi) is 8.91. The SMILES string of the molecule is CCCNC(=O)CCCC(=O)Nc1cccc(CNCC)c1. The fourth-order valence-corrected chi connectivity index (χ4v) is 2.01. The van der Waals surface area contributed by atoms with Crippen LogP contribution in [0.2, 0.25) is 0 Å². The van der Waals surface area contributed by atoms with Crippen molar-refractivity contribution in [2.24, 2.45) is 0 Å². The van der Waals surface area contributed by atoms with Gasteiger partial charge < -0.3 is 16.0 Å². The van der Waals surface area contributed by atoms with Crippen LogP contribution in [-0.4, -0.2) is 24.9 Å². The van der Waals surface area contributed by atoms with E-state index in [1.165, 1.54) is 0 Å². The van der Waals surface area contributed by atoms with Gasteiger partial charge in [-0.15, -0.1) is 0 Å². The molecule has 0 saturated heterocycles. The second-order valence-corrected chi connectivity index (χ2v) is 5.23. The molecule has 3 N–H and O–H groups in total. The number of anilines is 1. The van der Waals surface area contributed by atoms with E-state index in [1.807, 2.05) is 31.2 Å². The second kappa shape index (κ2) is 10.8. The number of carbonyl (C=O) groups is 2. The first-order chi connectivity index (χ1) is 10.7. The van der Waals surface area contributed by atoms with E-state index >= 15 is 0 Å². The Bertz CT molecular complexity index is 475. The van der Waals surface area contributed by atoms with Gasteiger partial charge in [-0.3, -0.25) is 9.59 Å². The lowest BCUT2D eigenvalue weighted by Gasteiger charge is -2.08. The predicted octanol–water partition coefficient (Wildman–Crippen LogP) is 2.43. The van der Waals surface area contributed by atoms with E-state index in [-0.39, 0.29) is 11.8 Å². The summed E-state index contributed by atoms with van der Waals surface area (Å²) in [5, 5.41) is 8.93. The molecular weight excluding hydrogens is 278 g/mol. The average Bonchev–Trinajstić information content (AvgIpc) is 2.51. The monoisotopic (exact) mass is 305 g/mol. The minimum atomic E-state index is -0.0520. The highest BCUT2D eigenvalue weighted by Gasteiger charge is 2.05. The first-order valence-corrected chi connectivity index (χ1v) is 8.02. The van der Waals surface area contributed by atoms with Gasteiger partial charge in [0.1, 0.15) is 0 Å². The highest BCUT2D eigenvalue weighted by molar-refractivity contribution is 5.91. The summed E-state index contributed by atoms with van der Waals surface area (Å²) in [7, 11) is 0. The third-order valence-corrected chi connectivity index (χ3v) is 3.17. The summed E-state index contributed by atoms with van der Waals surface area (Å²) < 4.78 is 0. The maximum absolute atomic E-state index is 11.9. The van der Waals surface area contributed by atoms with E-state index in [2.05, 4.69) is 22.9 Å². The van der Waals surface area contributed by atoms with Crippen molar-refractivity contribution in [2.75, 3.05) is 18.4 Å². The van der Waals surface area contributed by atoms with Crippen LogP contribution in [0.1, 0.15) is 45.1 Å². The van der Waals surface area contributed by atoms with Crippen molar-refractivity contribution in [3.05, 3.63) is 29.8 Å². The minimum Gasteiger partial charge on any atom is -0.356 e. The Morgan fingerprint density at radius 1 is 1.09 bits per heavy atom. The lowest BCUT2D eigenvalue weighted by atomic mass is 10.2. The van der Waals surface area contributed by atoms with Crippen LogP contribution in [0.5, 0.6) is 0 Å². The summed E-state index contributed by atoms with van der Waals surface area (Å²) in [4.78, 5) is 23.3. The van der Waals surface area contributed by atoms with E-state index in [4.69, 9.17) is 0 Å². The van der Waals surface area contributed by atoms with Crippen LogP contribution in [-0.2, 0) is 16.1 Å². The molecular formula is C17H27N3O2. The third kappa shape index (κ3) is 7.78. The number of hydrogen-bond donors (Lipinski definition) is 3. The molecule has 0 spiro atoms. The highest BCUT2D eigenvalue weighted by atomic mass is 16.2. The van der Waals surface area contributed by atoms with E-state index in [0.29, 0.717) is 25.8 Å². The molecule has 0 aliphatic rings. The van der Waals surface area contributed by atoms with Crippen LogP contribution in [0.4, 0.5) is 5.69 Å². The van der Waals surface area contributed by atoms with Crippen LogP contribution in [0.15, 0.2) is 24.3 Å².